The van der Waals surface area contributed by atoms with Crippen LogP contribution in [0, 0.1) is 0 Å². The van der Waals surface area contributed by atoms with Crippen molar-refractivity contribution in [1.82, 2.24) is 10.3 Å². The Morgan fingerprint density at radius 2 is 1.95 bits per heavy atom. The SMILES string of the molecule is CC(CNC(=O)/C=C/c1ccccn1)N(C)c1ccccc1. The van der Waals surface area contributed by atoms with Crippen molar-refractivity contribution in [2.75, 3.05) is 18.5 Å². The Morgan fingerprint density at radius 3 is 2.64 bits per heavy atom. The predicted molar refractivity (Wildman–Crippen MR) is 90.6 cm³/mol. The van der Waals surface area contributed by atoms with Gasteiger partial charge in [-0.15, -0.1) is 0 Å². The molecular weight excluding hydrogens is 274 g/mol. The predicted octanol–water partition coefficient (Wildman–Crippen LogP) is 2.74. The molecule has 0 saturated carbocycles. The van der Waals surface area contributed by atoms with Crippen LogP contribution < -0.4 is 10.2 Å². The number of hydrogen-bond donors (Lipinski definition) is 1. The molecule has 114 valence electrons. The van der Waals surface area contributed by atoms with Crippen LogP contribution in [0.25, 0.3) is 6.08 Å². The molecule has 0 saturated heterocycles. The van der Waals surface area contributed by atoms with Crippen LogP contribution in [0.2, 0.25) is 0 Å². The fourth-order valence-electron chi connectivity index (χ4n) is 2.00. The van der Waals surface area contributed by atoms with Crippen molar-refractivity contribution in [3.05, 3.63) is 66.5 Å². The molecule has 0 radical (unpaired) electrons. The molecule has 0 bridgehead atoms. The summed E-state index contributed by atoms with van der Waals surface area (Å²) in [6.07, 6.45) is 4.92. The van der Waals surface area contributed by atoms with Crippen LogP contribution in [0.5, 0.6) is 0 Å². The van der Waals surface area contributed by atoms with Crippen molar-refractivity contribution in [3.63, 3.8) is 0 Å². The fourth-order valence-corrected chi connectivity index (χ4v) is 2.00. The molecule has 0 aliphatic carbocycles. The van der Waals surface area contributed by atoms with Crippen molar-refractivity contribution in [1.29, 1.82) is 0 Å². The third-order valence-corrected chi connectivity index (χ3v) is 3.49. The third kappa shape index (κ3) is 4.74. The first-order valence-corrected chi connectivity index (χ1v) is 7.31. The van der Waals surface area contributed by atoms with Crippen molar-refractivity contribution >= 4 is 17.7 Å². The number of hydrogen-bond acceptors (Lipinski definition) is 3. The van der Waals surface area contributed by atoms with E-state index >= 15 is 0 Å². The molecular formula is C18H21N3O. The summed E-state index contributed by atoms with van der Waals surface area (Å²) >= 11 is 0. The first-order chi connectivity index (χ1) is 10.7. The van der Waals surface area contributed by atoms with Crippen molar-refractivity contribution in [3.8, 4) is 0 Å². The Labute approximate surface area is 131 Å². The van der Waals surface area contributed by atoms with Crippen LogP contribution in [0.1, 0.15) is 12.6 Å². The van der Waals surface area contributed by atoms with Gasteiger partial charge in [-0.1, -0.05) is 24.3 Å². The van der Waals surface area contributed by atoms with E-state index in [0.29, 0.717) is 6.54 Å². The van der Waals surface area contributed by atoms with Gasteiger partial charge < -0.3 is 10.2 Å². The third-order valence-electron chi connectivity index (χ3n) is 3.49. The molecule has 1 heterocycles. The van der Waals surface area contributed by atoms with Crippen LogP contribution in [0.4, 0.5) is 5.69 Å². The van der Waals surface area contributed by atoms with Gasteiger partial charge in [0, 0.05) is 37.6 Å². The maximum absolute atomic E-state index is 11.8. The summed E-state index contributed by atoms with van der Waals surface area (Å²) in [6, 6.07) is 15.9. The molecule has 1 N–H and O–H groups in total. The molecule has 2 aromatic rings. The monoisotopic (exact) mass is 295 g/mol. The number of aromatic nitrogens is 1. The summed E-state index contributed by atoms with van der Waals surface area (Å²) in [5.74, 6) is -0.112. The minimum absolute atomic E-state index is 0.112. The van der Waals surface area contributed by atoms with Gasteiger partial charge in [-0.2, -0.15) is 0 Å². The van der Waals surface area contributed by atoms with Gasteiger partial charge in [-0.3, -0.25) is 9.78 Å². The number of carbonyl (C=O) groups is 1. The Morgan fingerprint density at radius 1 is 1.23 bits per heavy atom. The lowest BCUT2D eigenvalue weighted by Crippen LogP contribution is -2.39. The summed E-state index contributed by atoms with van der Waals surface area (Å²) < 4.78 is 0. The topological polar surface area (TPSA) is 45.2 Å². The summed E-state index contributed by atoms with van der Waals surface area (Å²) in [6.45, 7) is 2.66. The minimum Gasteiger partial charge on any atom is -0.370 e. The standard InChI is InChI=1S/C18H21N3O/c1-15(21(2)17-9-4-3-5-10-17)14-20-18(22)12-11-16-8-6-7-13-19-16/h3-13,15H,14H2,1-2H3,(H,20,22)/b12-11+. The molecule has 0 fully saturated rings. The molecule has 2 rings (SSSR count). The molecule has 0 spiro atoms. The van der Waals surface area contributed by atoms with Gasteiger partial charge in [0.15, 0.2) is 0 Å². The summed E-state index contributed by atoms with van der Waals surface area (Å²) in [7, 11) is 2.02. The number of rotatable bonds is 6. The van der Waals surface area contributed by atoms with Gasteiger partial charge in [0.25, 0.3) is 0 Å². The van der Waals surface area contributed by atoms with Gasteiger partial charge in [-0.05, 0) is 37.3 Å². The van der Waals surface area contributed by atoms with E-state index in [9.17, 15) is 4.79 Å². The van der Waals surface area contributed by atoms with E-state index < -0.39 is 0 Å². The average molecular weight is 295 g/mol. The van der Waals surface area contributed by atoms with Crippen LogP contribution in [0.15, 0.2) is 60.8 Å². The largest absolute Gasteiger partial charge is 0.370 e. The smallest absolute Gasteiger partial charge is 0.244 e. The quantitative estimate of drug-likeness (QED) is 0.834. The van der Waals surface area contributed by atoms with E-state index in [1.807, 2.05) is 43.4 Å². The number of amides is 1. The molecule has 1 aromatic carbocycles. The van der Waals surface area contributed by atoms with Gasteiger partial charge in [0.2, 0.25) is 5.91 Å². The van der Waals surface area contributed by atoms with Gasteiger partial charge in [-0.25, -0.2) is 0 Å². The molecule has 1 amide bonds. The van der Waals surface area contributed by atoms with Gasteiger partial charge in [0.05, 0.1) is 5.69 Å². The van der Waals surface area contributed by atoms with Crippen LogP contribution >= 0.6 is 0 Å². The Balaban J connectivity index is 1.82. The fraction of sp³-hybridized carbons (Fsp3) is 0.222. The second kappa shape index (κ2) is 7.98. The molecule has 4 heteroatoms. The van der Waals surface area contributed by atoms with E-state index in [4.69, 9.17) is 0 Å². The van der Waals surface area contributed by atoms with Crippen molar-refractivity contribution in [2.24, 2.45) is 0 Å². The minimum atomic E-state index is -0.112. The number of para-hydroxylation sites is 1. The highest BCUT2D eigenvalue weighted by Crippen LogP contribution is 2.13. The lowest BCUT2D eigenvalue weighted by molar-refractivity contribution is -0.116. The van der Waals surface area contributed by atoms with Crippen molar-refractivity contribution in [2.45, 2.75) is 13.0 Å². The van der Waals surface area contributed by atoms with E-state index in [1.165, 1.54) is 6.08 Å². The number of nitrogens with zero attached hydrogens (tertiary/aromatic N) is 2. The second-order valence-electron chi connectivity index (χ2n) is 5.13. The van der Waals surface area contributed by atoms with E-state index in [1.54, 1.807) is 12.3 Å². The summed E-state index contributed by atoms with van der Waals surface area (Å²) in [5, 5.41) is 2.91. The van der Waals surface area contributed by atoms with Crippen LogP contribution in [0.3, 0.4) is 0 Å². The van der Waals surface area contributed by atoms with Crippen molar-refractivity contribution < 1.29 is 4.79 Å². The number of carbonyl (C=O) groups excluding carboxylic acids is 1. The number of anilines is 1. The Kier molecular flexibility index (Phi) is 5.72. The van der Waals surface area contributed by atoms with Gasteiger partial charge in [0.1, 0.15) is 0 Å². The number of benzene rings is 1. The highest BCUT2D eigenvalue weighted by atomic mass is 16.1. The van der Waals surface area contributed by atoms with Gasteiger partial charge >= 0.3 is 0 Å². The number of nitrogens with one attached hydrogen (secondary N) is 1. The van der Waals surface area contributed by atoms with E-state index in [0.717, 1.165) is 11.4 Å². The molecule has 1 unspecified atom stereocenters. The maximum Gasteiger partial charge on any atom is 0.244 e. The zero-order valence-electron chi connectivity index (χ0n) is 12.9. The highest BCUT2D eigenvalue weighted by Gasteiger charge is 2.10. The normalized spacial score (nSPS) is 12.1. The zero-order valence-corrected chi connectivity index (χ0v) is 12.9. The first kappa shape index (κ1) is 15.8. The lowest BCUT2D eigenvalue weighted by atomic mass is 10.2. The summed E-state index contributed by atoms with van der Waals surface area (Å²) in [5.41, 5.74) is 1.90. The number of pyridine rings is 1. The van der Waals surface area contributed by atoms with Crippen LogP contribution in [-0.2, 0) is 4.79 Å². The number of likely N-dealkylation sites (N-methyl/N-ethyl adjacent to an activating group) is 1. The van der Waals surface area contributed by atoms with E-state index in [2.05, 4.69) is 34.3 Å². The second-order valence-corrected chi connectivity index (χ2v) is 5.13. The lowest BCUT2D eigenvalue weighted by Gasteiger charge is -2.27. The molecule has 0 aliphatic heterocycles. The Bertz CT molecular complexity index is 611. The zero-order chi connectivity index (χ0) is 15.8. The van der Waals surface area contributed by atoms with Crippen LogP contribution in [-0.4, -0.2) is 30.5 Å². The molecule has 1 atom stereocenters. The maximum atomic E-state index is 11.8. The molecule has 0 aliphatic rings. The molecule has 22 heavy (non-hydrogen) atoms. The first-order valence-electron chi connectivity index (χ1n) is 7.31. The summed E-state index contributed by atoms with van der Waals surface area (Å²) in [4.78, 5) is 18.1. The molecule has 4 nitrogen and oxygen atoms in total. The molecule has 1 aromatic heterocycles. The van der Waals surface area contributed by atoms with E-state index in [-0.39, 0.29) is 11.9 Å². The highest BCUT2D eigenvalue weighted by molar-refractivity contribution is 5.91. The average Bonchev–Trinajstić information content (AvgIpc) is 2.58. The Hall–Kier alpha value is -2.62.